The summed E-state index contributed by atoms with van der Waals surface area (Å²) in [5.74, 6) is 1.25. The number of hydrogen-bond acceptors (Lipinski definition) is 5. The Morgan fingerprint density at radius 1 is 1.28 bits per heavy atom. The molecule has 7 nitrogen and oxygen atoms in total. The fourth-order valence-electron chi connectivity index (χ4n) is 4.69. The van der Waals surface area contributed by atoms with E-state index in [1.165, 1.54) is 0 Å². The number of nitriles is 1. The van der Waals surface area contributed by atoms with Gasteiger partial charge in [0.05, 0.1) is 6.04 Å². The highest BCUT2D eigenvalue weighted by atomic mass is 16.1. The Balaban J connectivity index is 1.66. The molecule has 0 radical (unpaired) electrons. The fourth-order valence-corrected chi connectivity index (χ4v) is 4.69. The average Bonchev–Trinajstić information content (AvgIpc) is 2.74. The van der Waals surface area contributed by atoms with Crippen LogP contribution in [0.4, 0.5) is 5.82 Å². The van der Waals surface area contributed by atoms with Gasteiger partial charge in [0.2, 0.25) is 5.91 Å². The van der Waals surface area contributed by atoms with E-state index >= 15 is 0 Å². The van der Waals surface area contributed by atoms with Crippen molar-refractivity contribution < 1.29 is 4.79 Å². The highest BCUT2D eigenvalue weighted by Crippen LogP contribution is 2.41. The molecule has 0 aliphatic carbocycles. The largest absolute Gasteiger partial charge is 0.356 e. The quantitative estimate of drug-likeness (QED) is 0.844. The summed E-state index contributed by atoms with van der Waals surface area (Å²) in [7, 11) is 0. The van der Waals surface area contributed by atoms with Crippen LogP contribution in [0, 0.1) is 17.2 Å². The first-order valence-electron chi connectivity index (χ1n) is 10.2. The molecule has 29 heavy (non-hydrogen) atoms. The maximum atomic E-state index is 12.7. The Morgan fingerprint density at radius 3 is 2.90 bits per heavy atom. The monoisotopic (exact) mass is 391 g/mol. The Kier molecular flexibility index (Phi) is 5.34. The molecule has 2 aromatic rings. The van der Waals surface area contributed by atoms with Crippen molar-refractivity contribution in [2.24, 2.45) is 5.92 Å². The van der Waals surface area contributed by atoms with Crippen LogP contribution in [0.15, 0.2) is 41.2 Å². The second kappa shape index (κ2) is 8.08. The molecule has 2 aliphatic rings. The number of aromatic nitrogens is 2. The van der Waals surface area contributed by atoms with E-state index in [4.69, 9.17) is 0 Å². The van der Waals surface area contributed by atoms with Crippen molar-refractivity contribution in [2.45, 2.75) is 38.1 Å². The molecule has 1 N–H and O–H groups in total. The van der Waals surface area contributed by atoms with Crippen LogP contribution < -0.4 is 15.8 Å². The van der Waals surface area contributed by atoms with E-state index < -0.39 is 0 Å². The van der Waals surface area contributed by atoms with Crippen molar-refractivity contribution in [1.29, 1.82) is 5.26 Å². The van der Waals surface area contributed by atoms with E-state index in [-0.39, 0.29) is 29.3 Å². The van der Waals surface area contributed by atoms with Crippen molar-refractivity contribution in [2.75, 3.05) is 24.5 Å². The molecule has 0 unspecified atom stereocenters. The first-order valence-corrected chi connectivity index (χ1v) is 10.2. The van der Waals surface area contributed by atoms with Crippen molar-refractivity contribution in [3.05, 3.63) is 58.1 Å². The first kappa shape index (κ1) is 19.2. The van der Waals surface area contributed by atoms with Crippen molar-refractivity contribution in [1.82, 2.24) is 14.9 Å². The number of rotatable bonds is 5. The van der Waals surface area contributed by atoms with Crippen LogP contribution in [-0.2, 0) is 4.79 Å². The Bertz CT molecular complexity index is 1010. The summed E-state index contributed by atoms with van der Waals surface area (Å²) in [6.07, 6.45) is 2.27. The molecule has 2 aromatic heterocycles. The van der Waals surface area contributed by atoms with Gasteiger partial charge in [-0.05, 0) is 37.0 Å². The van der Waals surface area contributed by atoms with Crippen molar-refractivity contribution in [3.63, 3.8) is 0 Å². The van der Waals surface area contributed by atoms with Gasteiger partial charge in [-0.15, -0.1) is 0 Å². The fraction of sp³-hybridized carbons (Fsp3) is 0.455. The van der Waals surface area contributed by atoms with Crippen LogP contribution in [0.25, 0.3) is 0 Å². The van der Waals surface area contributed by atoms with Gasteiger partial charge in [0.15, 0.2) is 0 Å². The summed E-state index contributed by atoms with van der Waals surface area (Å²) >= 11 is 0. The minimum atomic E-state index is -0.0855. The topological polar surface area (TPSA) is 91.0 Å². The summed E-state index contributed by atoms with van der Waals surface area (Å²) < 4.78 is 1.89. The third-order valence-electron chi connectivity index (χ3n) is 5.96. The molecule has 1 saturated heterocycles. The molecule has 3 atom stereocenters. The summed E-state index contributed by atoms with van der Waals surface area (Å²) in [6.45, 7) is 3.93. The van der Waals surface area contributed by atoms with Crippen LogP contribution in [0.2, 0.25) is 0 Å². The number of carbonyl (C=O) groups is 1. The lowest BCUT2D eigenvalue weighted by atomic mass is 9.78. The van der Waals surface area contributed by atoms with Gasteiger partial charge in [-0.2, -0.15) is 5.26 Å². The average molecular weight is 391 g/mol. The van der Waals surface area contributed by atoms with Gasteiger partial charge in [0, 0.05) is 43.7 Å². The number of hydrogen-bond donors (Lipinski definition) is 1. The zero-order valence-corrected chi connectivity index (χ0v) is 16.5. The van der Waals surface area contributed by atoms with Crippen LogP contribution >= 0.6 is 0 Å². The number of piperidine rings is 1. The molecule has 4 rings (SSSR count). The molecule has 2 bridgehead atoms. The molecule has 150 valence electrons. The van der Waals surface area contributed by atoms with Gasteiger partial charge in [-0.1, -0.05) is 19.1 Å². The van der Waals surface area contributed by atoms with Crippen LogP contribution in [0.1, 0.15) is 49.5 Å². The van der Waals surface area contributed by atoms with Crippen LogP contribution in [0.3, 0.4) is 0 Å². The number of pyridine rings is 2. The van der Waals surface area contributed by atoms with Gasteiger partial charge in [0.1, 0.15) is 17.6 Å². The maximum absolute atomic E-state index is 12.7. The normalized spacial score (nSPS) is 22.5. The van der Waals surface area contributed by atoms with Crippen molar-refractivity contribution in [3.8, 4) is 6.07 Å². The highest BCUT2D eigenvalue weighted by molar-refractivity contribution is 5.75. The molecule has 0 saturated carbocycles. The molecule has 0 spiro atoms. The molecular formula is C22H25N5O2. The molecule has 2 aliphatic heterocycles. The predicted molar refractivity (Wildman–Crippen MR) is 110 cm³/mol. The summed E-state index contributed by atoms with van der Waals surface area (Å²) in [5.41, 5.74) is 1.41. The third-order valence-corrected chi connectivity index (χ3v) is 5.96. The van der Waals surface area contributed by atoms with E-state index in [0.717, 1.165) is 37.4 Å². The van der Waals surface area contributed by atoms with Gasteiger partial charge in [-0.3, -0.25) is 9.59 Å². The predicted octanol–water partition coefficient (Wildman–Crippen LogP) is 2.20. The summed E-state index contributed by atoms with van der Waals surface area (Å²) in [5, 5.41) is 12.2. The SMILES string of the molecule is CCCC(=O)NC[C@H]1[C@H]2C[C@H](CN(c3cccc(C#N)n3)C2)c2cccc(=O)n21. The zero-order valence-electron chi connectivity index (χ0n) is 16.5. The Hall–Kier alpha value is -3.14. The van der Waals surface area contributed by atoms with E-state index in [2.05, 4.69) is 21.3 Å². The van der Waals surface area contributed by atoms with E-state index in [1.54, 1.807) is 12.1 Å². The minimum Gasteiger partial charge on any atom is -0.356 e. The number of nitrogens with zero attached hydrogens (tertiary/aromatic N) is 4. The third kappa shape index (κ3) is 3.75. The first-order chi connectivity index (χ1) is 14.1. The zero-order chi connectivity index (χ0) is 20.4. The molecule has 1 amide bonds. The Morgan fingerprint density at radius 2 is 2.10 bits per heavy atom. The second-order valence-corrected chi connectivity index (χ2v) is 7.87. The van der Waals surface area contributed by atoms with Crippen molar-refractivity contribution >= 4 is 11.7 Å². The van der Waals surface area contributed by atoms with Crippen LogP contribution in [0.5, 0.6) is 0 Å². The lowest BCUT2D eigenvalue weighted by Crippen LogP contribution is -2.52. The van der Waals surface area contributed by atoms with E-state index in [0.29, 0.717) is 18.7 Å². The minimum absolute atomic E-state index is 0.00927. The van der Waals surface area contributed by atoms with E-state index in [1.807, 2.05) is 35.8 Å². The van der Waals surface area contributed by atoms with Gasteiger partial charge < -0.3 is 14.8 Å². The molecule has 4 heterocycles. The summed E-state index contributed by atoms with van der Waals surface area (Å²) in [4.78, 5) is 31.4. The molecule has 7 heteroatoms. The molecule has 1 fully saturated rings. The molecule has 0 aromatic carbocycles. The number of carbonyl (C=O) groups excluding carboxylic acids is 1. The highest BCUT2D eigenvalue weighted by Gasteiger charge is 2.40. The lowest BCUT2D eigenvalue weighted by molar-refractivity contribution is -0.121. The number of nitrogens with one attached hydrogen (secondary N) is 1. The van der Waals surface area contributed by atoms with E-state index in [9.17, 15) is 14.9 Å². The maximum Gasteiger partial charge on any atom is 0.251 e. The standard InChI is InChI=1S/C22H25N5O2/c1-2-5-21(28)24-12-19-16-10-15(18-7-4-9-22(29)27(18)19)13-26(14-16)20-8-3-6-17(11-23)25-20/h3-4,6-9,15-16,19H,2,5,10,12-14H2,1H3,(H,24,28)/t15-,16+,19+/m1/s1. The van der Waals surface area contributed by atoms with Gasteiger partial charge >= 0.3 is 0 Å². The lowest BCUT2D eigenvalue weighted by Gasteiger charge is -2.47. The number of amides is 1. The molecular weight excluding hydrogens is 366 g/mol. The van der Waals surface area contributed by atoms with Gasteiger partial charge in [0.25, 0.3) is 5.56 Å². The summed E-state index contributed by atoms with van der Waals surface area (Å²) in [6, 6.07) is 12.9. The number of anilines is 1. The number of fused-ring (bicyclic) bond motifs is 4. The van der Waals surface area contributed by atoms with Crippen LogP contribution in [-0.4, -0.2) is 35.1 Å². The smallest absolute Gasteiger partial charge is 0.251 e. The second-order valence-electron chi connectivity index (χ2n) is 7.87. The van der Waals surface area contributed by atoms with Gasteiger partial charge in [-0.25, -0.2) is 4.98 Å². The Labute approximate surface area is 170 Å².